The van der Waals surface area contributed by atoms with Crippen molar-refractivity contribution in [2.45, 2.75) is 26.9 Å². The Bertz CT molecular complexity index is 592. The van der Waals surface area contributed by atoms with Gasteiger partial charge in [-0.1, -0.05) is 30.7 Å². The molecule has 2 rings (SSSR count). The van der Waals surface area contributed by atoms with Gasteiger partial charge in [0, 0.05) is 6.54 Å². The van der Waals surface area contributed by atoms with Crippen molar-refractivity contribution >= 4 is 17.3 Å². The van der Waals surface area contributed by atoms with E-state index in [9.17, 15) is 4.79 Å². The van der Waals surface area contributed by atoms with Gasteiger partial charge >= 0.3 is 0 Å². The number of halogens is 1. The van der Waals surface area contributed by atoms with Crippen LogP contribution in [-0.2, 0) is 13.1 Å². The largest absolute Gasteiger partial charge is 0.375 e. The topological polar surface area (TPSA) is 101 Å². The minimum Gasteiger partial charge on any atom is -0.375 e. The molecule has 102 valence electrons. The Morgan fingerprint density at radius 2 is 2.32 bits per heavy atom. The summed E-state index contributed by atoms with van der Waals surface area (Å²) in [5.74, 6) is 0.793. The number of nitrogens with zero attached hydrogens (tertiary/aromatic N) is 5. The standard InChI is InChI=1S/C10H14ClN7O/c1-6(2)5-18-10(19)9(11)7(3-13-18)12-4-8-14-16-17-15-8/h3,6,12H,4-5H2,1-2H3,(H,14,15,16,17). The van der Waals surface area contributed by atoms with Gasteiger partial charge in [0.25, 0.3) is 5.56 Å². The lowest BCUT2D eigenvalue weighted by molar-refractivity contribution is 0.464. The molecular weight excluding hydrogens is 270 g/mol. The van der Waals surface area contributed by atoms with Crippen molar-refractivity contribution < 1.29 is 0 Å². The van der Waals surface area contributed by atoms with Gasteiger partial charge in [-0.05, 0) is 5.92 Å². The van der Waals surface area contributed by atoms with Crippen molar-refractivity contribution in [3.05, 3.63) is 27.4 Å². The van der Waals surface area contributed by atoms with E-state index in [2.05, 4.69) is 31.0 Å². The van der Waals surface area contributed by atoms with E-state index < -0.39 is 0 Å². The van der Waals surface area contributed by atoms with E-state index in [1.54, 1.807) is 0 Å². The molecule has 0 aliphatic rings. The van der Waals surface area contributed by atoms with Crippen LogP contribution >= 0.6 is 11.6 Å². The molecule has 2 heterocycles. The molecule has 8 nitrogen and oxygen atoms in total. The Hall–Kier alpha value is -1.96. The Morgan fingerprint density at radius 1 is 1.53 bits per heavy atom. The zero-order valence-corrected chi connectivity index (χ0v) is 11.3. The highest BCUT2D eigenvalue weighted by Gasteiger charge is 2.10. The summed E-state index contributed by atoms with van der Waals surface area (Å²) < 4.78 is 1.35. The summed E-state index contributed by atoms with van der Waals surface area (Å²) in [7, 11) is 0. The SMILES string of the molecule is CC(C)Cn1ncc(NCc2nn[nH]n2)c(Cl)c1=O. The average Bonchev–Trinajstić information content (AvgIpc) is 2.87. The van der Waals surface area contributed by atoms with Crippen molar-refractivity contribution in [1.29, 1.82) is 0 Å². The van der Waals surface area contributed by atoms with E-state index in [1.165, 1.54) is 10.9 Å². The summed E-state index contributed by atoms with van der Waals surface area (Å²) in [5.41, 5.74) is 0.143. The normalized spacial score (nSPS) is 10.9. The highest BCUT2D eigenvalue weighted by molar-refractivity contribution is 6.32. The molecule has 0 saturated heterocycles. The molecule has 2 aromatic heterocycles. The van der Waals surface area contributed by atoms with E-state index in [4.69, 9.17) is 11.6 Å². The second kappa shape index (κ2) is 5.79. The maximum atomic E-state index is 12.0. The Labute approximate surface area is 114 Å². The van der Waals surface area contributed by atoms with Crippen molar-refractivity contribution in [2.24, 2.45) is 5.92 Å². The van der Waals surface area contributed by atoms with Crippen LogP contribution in [-0.4, -0.2) is 30.4 Å². The number of tetrazole rings is 1. The first-order valence-corrected chi connectivity index (χ1v) is 6.17. The van der Waals surface area contributed by atoms with Gasteiger partial charge in [0.1, 0.15) is 5.02 Å². The number of aromatic amines is 1. The summed E-state index contributed by atoms with van der Waals surface area (Å²) in [4.78, 5) is 12.0. The predicted octanol–water partition coefficient (Wildman–Crippen LogP) is 0.678. The van der Waals surface area contributed by atoms with Gasteiger partial charge in [-0.2, -0.15) is 10.3 Å². The van der Waals surface area contributed by atoms with Crippen molar-refractivity contribution in [2.75, 3.05) is 5.32 Å². The number of nitrogens with one attached hydrogen (secondary N) is 2. The number of hydrogen-bond donors (Lipinski definition) is 2. The Balaban J connectivity index is 2.14. The first-order chi connectivity index (χ1) is 9.08. The molecule has 0 fully saturated rings. The Morgan fingerprint density at radius 3 is 2.95 bits per heavy atom. The van der Waals surface area contributed by atoms with Crippen LogP contribution < -0.4 is 10.9 Å². The highest BCUT2D eigenvalue weighted by Crippen LogP contribution is 2.15. The van der Waals surface area contributed by atoms with E-state index >= 15 is 0 Å². The van der Waals surface area contributed by atoms with Crippen LogP contribution in [0.3, 0.4) is 0 Å². The van der Waals surface area contributed by atoms with Crippen LogP contribution in [0.25, 0.3) is 0 Å². The van der Waals surface area contributed by atoms with Gasteiger partial charge < -0.3 is 5.32 Å². The van der Waals surface area contributed by atoms with Crippen LogP contribution in [0.15, 0.2) is 11.0 Å². The minimum atomic E-state index is -0.312. The lowest BCUT2D eigenvalue weighted by atomic mass is 10.2. The predicted molar refractivity (Wildman–Crippen MR) is 69.8 cm³/mol. The molecule has 19 heavy (non-hydrogen) atoms. The summed E-state index contributed by atoms with van der Waals surface area (Å²) in [5, 5.41) is 20.5. The first-order valence-electron chi connectivity index (χ1n) is 5.79. The molecule has 0 amide bonds. The smallest absolute Gasteiger partial charge is 0.287 e. The van der Waals surface area contributed by atoms with E-state index in [-0.39, 0.29) is 10.6 Å². The third-order valence-electron chi connectivity index (χ3n) is 2.35. The van der Waals surface area contributed by atoms with Gasteiger partial charge in [0.05, 0.1) is 18.4 Å². The quantitative estimate of drug-likeness (QED) is 0.837. The molecule has 0 aliphatic heterocycles. The van der Waals surface area contributed by atoms with Crippen LogP contribution in [0.2, 0.25) is 5.02 Å². The number of rotatable bonds is 5. The zero-order chi connectivity index (χ0) is 13.8. The molecule has 0 aromatic carbocycles. The molecular formula is C10H14ClN7O. The Kier molecular flexibility index (Phi) is 4.10. The molecule has 0 radical (unpaired) electrons. The number of hydrogen-bond acceptors (Lipinski definition) is 6. The van der Waals surface area contributed by atoms with E-state index in [1.807, 2.05) is 13.8 Å². The van der Waals surface area contributed by atoms with Crippen LogP contribution in [0.4, 0.5) is 5.69 Å². The number of H-pyrrole nitrogens is 1. The molecule has 0 atom stereocenters. The van der Waals surface area contributed by atoms with Gasteiger partial charge in [-0.3, -0.25) is 4.79 Å². The van der Waals surface area contributed by atoms with Crippen molar-refractivity contribution in [1.82, 2.24) is 30.4 Å². The molecule has 2 N–H and O–H groups in total. The molecule has 2 aromatic rings. The van der Waals surface area contributed by atoms with E-state index in [0.29, 0.717) is 30.5 Å². The third-order valence-corrected chi connectivity index (χ3v) is 2.71. The van der Waals surface area contributed by atoms with Crippen LogP contribution in [0.5, 0.6) is 0 Å². The van der Waals surface area contributed by atoms with Gasteiger partial charge in [-0.25, -0.2) is 4.68 Å². The summed E-state index contributed by atoms with van der Waals surface area (Å²) >= 11 is 6.02. The molecule has 0 spiro atoms. The molecule has 0 aliphatic carbocycles. The third kappa shape index (κ3) is 3.28. The molecule has 0 unspecified atom stereocenters. The van der Waals surface area contributed by atoms with Crippen molar-refractivity contribution in [3.8, 4) is 0 Å². The number of anilines is 1. The average molecular weight is 284 g/mol. The van der Waals surface area contributed by atoms with E-state index in [0.717, 1.165) is 0 Å². The van der Waals surface area contributed by atoms with Crippen LogP contribution in [0, 0.1) is 5.92 Å². The number of aromatic nitrogens is 6. The minimum absolute atomic E-state index is 0.110. The molecule has 9 heteroatoms. The molecule has 0 saturated carbocycles. The zero-order valence-electron chi connectivity index (χ0n) is 10.6. The summed E-state index contributed by atoms with van der Waals surface area (Å²) in [6, 6.07) is 0. The summed E-state index contributed by atoms with van der Waals surface area (Å²) in [6.45, 7) is 4.85. The maximum Gasteiger partial charge on any atom is 0.287 e. The first kappa shape index (κ1) is 13.5. The van der Waals surface area contributed by atoms with Crippen molar-refractivity contribution in [3.63, 3.8) is 0 Å². The van der Waals surface area contributed by atoms with Gasteiger partial charge in [-0.15, -0.1) is 10.2 Å². The fourth-order valence-corrected chi connectivity index (χ4v) is 1.71. The lowest BCUT2D eigenvalue weighted by Gasteiger charge is -2.10. The highest BCUT2D eigenvalue weighted by atomic mass is 35.5. The van der Waals surface area contributed by atoms with Gasteiger partial charge in [0.2, 0.25) is 0 Å². The van der Waals surface area contributed by atoms with Crippen LogP contribution in [0.1, 0.15) is 19.7 Å². The second-order valence-electron chi connectivity index (χ2n) is 4.43. The maximum absolute atomic E-state index is 12.0. The molecule has 0 bridgehead atoms. The lowest BCUT2D eigenvalue weighted by Crippen LogP contribution is -2.26. The monoisotopic (exact) mass is 283 g/mol. The fraction of sp³-hybridized carbons (Fsp3) is 0.500. The summed E-state index contributed by atoms with van der Waals surface area (Å²) in [6.07, 6.45) is 1.52. The second-order valence-corrected chi connectivity index (χ2v) is 4.81. The van der Waals surface area contributed by atoms with Gasteiger partial charge in [0.15, 0.2) is 5.82 Å². The fourth-order valence-electron chi connectivity index (χ4n) is 1.50.